The zero-order valence-electron chi connectivity index (χ0n) is 13.9. The van der Waals surface area contributed by atoms with E-state index in [1.54, 1.807) is 0 Å². The molecule has 0 aromatic heterocycles. The molecule has 0 radical (unpaired) electrons. The van der Waals surface area contributed by atoms with Crippen molar-refractivity contribution in [2.24, 2.45) is 17.3 Å². The van der Waals surface area contributed by atoms with Crippen molar-refractivity contribution in [2.45, 2.75) is 52.9 Å². The van der Waals surface area contributed by atoms with Gasteiger partial charge >= 0.3 is 0 Å². The van der Waals surface area contributed by atoms with Crippen molar-refractivity contribution in [1.29, 1.82) is 0 Å². The van der Waals surface area contributed by atoms with E-state index in [0.29, 0.717) is 24.0 Å². The Morgan fingerprint density at radius 1 is 1.27 bits per heavy atom. The third-order valence-electron chi connectivity index (χ3n) is 6.54. The van der Waals surface area contributed by atoms with Crippen molar-refractivity contribution >= 4 is 11.4 Å². The van der Waals surface area contributed by atoms with Gasteiger partial charge in [-0.25, -0.2) is 0 Å². The number of aromatic hydroxyl groups is 1. The monoisotopic (exact) mass is 296 g/mol. The van der Waals surface area contributed by atoms with Gasteiger partial charge < -0.3 is 5.11 Å². The number of fused-ring (bicyclic) bond motifs is 5. The third-order valence-corrected chi connectivity index (χ3v) is 6.54. The van der Waals surface area contributed by atoms with Gasteiger partial charge in [-0.3, -0.25) is 4.79 Å². The van der Waals surface area contributed by atoms with Crippen LogP contribution in [0.2, 0.25) is 0 Å². The minimum Gasteiger partial charge on any atom is -0.507 e. The predicted molar refractivity (Wildman–Crippen MR) is 88.3 cm³/mol. The number of phenolic OH excluding ortho intramolecular Hbond substituents is 1. The number of Topliss-reactive ketones (excluding diaryl/α,β-unsaturated/α-hetero) is 1. The van der Waals surface area contributed by atoms with Gasteiger partial charge in [0.2, 0.25) is 0 Å². The Morgan fingerprint density at radius 3 is 2.64 bits per heavy atom. The molecule has 1 saturated carbocycles. The fraction of sp³-hybridized carbons (Fsp3) is 0.550. The third kappa shape index (κ3) is 1.48. The van der Waals surface area contributed by atoms with E-state index in [1.807, 2.05) is 13.8 Å². The standard InChI is InChI=1S/C20H24O2/c1-9-6-7-13-17(20(13,4)5)15-11(3)19(22)12-8-10(2)18(21)16(12)14(9)15/h10,13,17,22H,1,6-8H2,2-5H3/t10-,13-,17+/m0/s1. The molecule has 0 bridgehead atoms. The molecule has 3 aliphatic carbocycles. The summed E-state index contributed by atoms with van der Waals surface area (Å²) in [5.41, 5.74) is 6.33. The van der Waals surface area contributed by atoms with Crippen LogP contribution in [0, 0.1) is 24.2 Å². The Labute approximate surface area is 132 Å². The Balaban J connectivity index is 2.07. The maximum Gasteiger partial charge on any atom is 0.167 e. The topological polar surface area (TPSA) is 37.3 Å². The molecule has 1 aromatic carbocycles. The fourth-order valence-electron chi connectivity index (χ4n) is 5.13. The second kappa shape index (κ2) is 4.04. The Bertz CT molecular complexity index is 739. The summed E-state index contributed by atoms with van der Waals surface area (Å²) in [6.07, 6.45) is 2.78. The zero-order valence-corrected chi connectivity index (χ0v) is 13.9. The molecule has 1 aromatic rings. The highest BCUT2D eigenvalue weighted by molar-refractivity contribution is 6.07. The summed E-state index contributed by atoms with van der Waals surface area (Å²) in [7, 11) is 0. The second-order valence-electron chi connectivity index (χ2n) is 8.13. The van der Waals surface area contributed by atoms with Crippen LogP contribution < -0.4 is 0 Å². The molecule has 3 atom stereocenters. The predicted octanol–water partition coefficient (Wildman–Crippen LogP) is 4.62. The van der Waals surface area contributed by atoms with Crippen LogP contribution >= 0.6 is 0 Å². The van der Waals surface area contributed by atoms with E-state index in [0.717, 1.165) is 40.7 Å². The fourth-order valence-corrected chi connectivity index (χ4v) is 5.13. The molecule has 22 heavy (non-hydrogen) atoms. The first-order valence-electron chi connectivity index (χ1n) is 8.37. The summed E-state index contributed by atoms with van der Waals surface area (Å²) >= 11 is 0. The van der Waals surface area contributed by atoms with Crippen LogP contribution in [0.15, 0.2) is 6.58 Å². The first-order chi connectivity index (χ1) is 10.3. The zero-order chi connectivity index (χ0) is 16.0. The van der Waals surface area contributed by atoms with E-state index >= 15 is 0 Å². The van der Waals surface area contributed by atoms with Crippen molar-refractivity contribution in [2.75, 3.05) is 0 Å². The minimum atomic E-state index is -0.0223. The van der Waals surface area contributed by atoms with Gasteiger partial charge in [0.05, 0.1) is 0 Å². The van der Waals surface area contributed by atoms with Crippen LogP contribution in [0.5, 0.6) is 5.75 Å². The van der Waals surface area contributed by atoms with E-state index in [-0.39, 0.29) is 17.1 Å². The van der Waals surface area contributed by atoms with Gasteiger partial charge in [0, 0.05) is 17.0 Å². The Kier molecular flexibility index (Phi) is 2.58. The lowest BCUT2D eigenvalue weighted by Crippen LogP contribution is -2.09. The number of benzene rings is 1. The quantitative estimate of drug-likeness (QED) is 0.758. The normalized spacial score (nSPS) is 31.4. The van der Waals surface area contributed by atoms with Crippen molar-refractivity contribution < 1.29 is 9.90 Å². The van der Waals surface area contributed by atoms with Crippen LogP contribution in [-0.4, -0.2) is 10.9 Å². The molecule has 2 nitrogen and oxygen atoms in total. The first-order valence-corrected chi connectivity index (χ1v) is 8.37. The Morgan fingerprint density at radius 2 is 1.95 bits per heavy atom. The summed E-state index contributed by atoms with van der Waals surface area (Å²) in [4.78, 5) is 12.7. The van der Waals surface area contributed by atoms with Gasteiger partial charge in [-0.2, -0.15) is 0 Å². The lowest BCUT2D eigenvalue weighted by atomic mass is 9.84. The minimum absolute atomic E-state index is 0.0223. The van der Waals surface area contributed by atoms with Crippen LogP contribution in [0.4, 0.5) is 0 Å². The summed E-state index contributed by atoms with van der Waals surface area (Å²) in [6, 6.07) is 0. The lowest BCUT2D eigenvalue weighted by Gasteiger charge is -2.21. The molecular weight excluding hydrogens is 272 g/mol. The molecule has 0 unspecified atom stereocenters. The summed E-state index contributed by atoms with van der Waals surface area (Å²) in [5, 5.41) is 10.7. The van der Waals surface area contributed by atoms with Crippen LogP contribution in [-0.2, 0) is 6.42 Å². The maximum absolute atomic E-state index is 12.7. The SMILES string of the molecule is C=C1CC[C@H]2[C@H](c3c(C)c(O)c4c(c31)C(=O)[C@@H](C)C4)C2(C)C. The maximum atomic E-state index is 12.7. The smallest absolute Gasteiger partial charge is 0.167 e. The highest BCUT2D eigenvalue weighted by Gasteiger charge is 2.60. The number of hydrogen-bond donors (Lipinski definition) is 1. The second-order valence-corrected chi connectivity index (χ2v) is 8.13. The Hall–Kier alpha value is -1.57. The summed E-state index contributed by atoms with van der Waals surface area (Å²) in [5.74, 6) is 1.64. The number of hydrogen-bond acceptors (Lipinski definition) is 2. The molecule has 0 spiro atoms. The molecular formula is C20H24O2. The van der Waals surface area contributed by atoms with E-state index < -0.39 is 0 Å². The highest BCUT2D eigenvalue weighted by atomic mass is 16.3. The lowest BCUT2D eigenvalue weighted by molar-refractivity contribution is 0.0946. The van der Waals surface area contributed by atoms with Gasteiger partial charge in [-0.05, 0) is 65.7 Å². The first kappa shape index (κ1) is 14.0. The van der Waals surface area contributed by atoms with E-state index in [1.165, 1.54) is 5.56 Å². The average molecular weight is 296 g/mol. The molecule has 2 heteroatoms. The highest BCUT2D eigenvalue weighted by Crippen LogP contribution is 2.70. The molecule has 0 amide bonds. The summed E-state index contributed by atoms with van der Waals surface area (Å²) < 4.78 is 0. The summed E-state index contributed by atoms with van der Waals surface area (Å²) in [6.45, 7) is 12.9. The van der Waals surface area contributed by atoms with Gasteiger partial charge in [-0.1, -0.05) is 27.4 Å². The van der Waals surface area contributed by atoms with Crippen molar-refractivity contribution in [3.8, 4) is 5.75 Å². The molecule has 0 heterocycles. The molecule has 1 fully saturated rings. The number of rotatable bonds is 0. The molecule has 0 saturated heterocycles. The average Bonchev–Trinajstić information content (AvgIpc) is 2.93. The van der Waals surface area contributed by atoms with Gasteiger partial charge in [0.25, 0.3) is 0 Å². The van der Waals surface area contributed by atoms with E-state index in [2.05, 4.69) is 20.4 Å². The molecule has 0 aliphatic heterocycles. The number of carbonyl (C=O) groups excluding carboxylic acids is 1. The molecule has 3 aliphatic rings. The van der Waals surface area contributed by atoms with Gasteiger partial charge in [-0.15, -0.1) is 0 Å². The van der Waals surface area contributed by atoms with Crippen molar-refractivity contribution in [3.63, 3.8) is 0 Å². The van der Waals surface area contributed by atoms with Crippen LogP contribution in [0.1, 0.15) is 72.1 Å². The number of ketones is 1. The number of phenols is 1. The van der Waals surface area contributed by atoms with E-state index in [9.17, 15) is 9.90 Å². The van der Waals surface area contributed by atoms with Crippen molar-refractivity contribution in [1.82, 2.24) is 0 Å². The van der Waals surface area contributed by atoms with Crippen LogP contribution in [0.3, 0.4) is 0 Å². The van der Waals surface area contributed by atoms with Crippen LogP contribution in [0.25, 0.3) is 5.57 Å². The van der Waals surface area contributed by atoms with Crippen molar-refractivity contribution in [3.05, 3.63) is 34.4 Å². The molecule has 4 rings (SSSR count). The molecule has 116 valence electrons. The van der Waals surface area contributed by atoms with E-state index in [4.69, 9.17) is 0 Å². The number of carbonyl (C=O) groups is 1. The van der Waals surface area contributed by atoms with Gasteiger partial charge in [0.15, 0.2) is 5.78 Å². The van der Waals surface area contributed by atoms with Gasteiger partial charge in [0.1, 0.15) is 5.75 Å². The molecule has 1 N–H and O–H groups in total. The largest absolute Gasteiger partial charge is 0.507 e. The number of allylic oxidation sites excluding steroid dienone is 1.